The van der Waals surface area contributed by atoms with Gasteiger partial charge in [0.15, 0.2) is 0 Å². The molecule has 1 aromatic carbocycles. The summed E-state index contributed by atoms with van der Waals surface area (Å²) in [6.07, 6.45) is 4.60. The van der Waals surface area contributed by atoms with E-state index in [0.29, 0.717) is 0 Å². The van der Waals surface area contributed by atoms with Gasteiger partial charge >= 0.3 is 0 Å². The molecule has 0 unspecified atom stereocenters. The molecule has 1 heterocycles. The maximum atomic E-state index is 5.70. The van der Waals surface area contributed by atoms with Crippen molar-refractivity contribution >= 4 is 5.69 Å². The molecule has 1 N–H and O–H groups in total. The third-order valence-electron chi connectivity index (χ3n) is 2.27. The third kappa shape index (κ3) is 3.48. The average molecular weight is 228 g/mol. The van der Waals surface area contributed by atoms with E-state index in [1.54, 1.807) is 12.4 Å². The molecule has 1 aromatic heterocycles. The minimum Gasteiger partial charge on any atom is -0.456 e. The summed E-state index contributed by atoms with van der Waals surface area (Å²) in [5.74, 6) is 1.57. The van der Waals surface area contributed by atoms with Crippen LogP contribution in [0.2, 0.25) is 0 Å². The molecule has 2 aromatic rings. The molecule has 0 saturated heterocycles. The van der Waals surface area contributed by atoms with Crippen LogP contribution in [-0.4, -0.2) is 11.5 Å². The van der Waals surface area contributed by atoms with Crippen LogP contribution >= 0.6 is 0 Å². The summed E-state index contributed by atoms with van der Waals surface area (Å²) >= 11 is 0. The minimum absolute atomic E-state index is 0.748. The lowest BCUT2D eigenvalue weighted by Gasteiger charge is -2.08. The van der Waals surface area contributed by atoms with Crippen LogP contribution in [0.5, 0.6) is 11.5 Å². The molecule has 0 fully saturated rings. The van der Waals surface area contributed by atoms with Crippen LogP contribution in [0.3, 0.4) is 0 Å². The van der Waals surface area contributed by atoms with E-state index in [1.165, 1.54) is 0 Å². The maximum absolute atomic E-state index is 5.70. The van der Waals surface area contributed by atoms with Gasteiger partial charge in [-0.15, -0.1) is 0 Å². The van der Waals surface area contributed by atoms with Gasteiger partial charge in [-0.25, -0.2) is 0 Å². The van der Waals surface area contributed by atoms with Gasteiger partial charge in [-0.2, -0.15) is 0 Å². The number of aromatic nitrogens is 1. The predicted molar refractivity (Wildman–Crippen MR) is 69.5 cm³/mol. The van der Waals surface area contributed by atoms with E-state index < -0.39 is 0 Å². The molecule has 3 heteroatoms. The molecule has 0 aliphatic rings. The summed E-state index contributed by atoms with van der Waals surface area (Å²) < 4.78 is 5.70. The summed E-state index contributed by atoms with van der Waals surface area (Å²) in [5, 5.41) is 3.28. The Hall–Kier alpha value is -2.03. The lowest BCUT2D eigenvalue weighted by Crippen LogP contribution is -2.00. The summed E-state index contributed by atoms with van der Waals surface area (Å²) in [4.78, 5) is 4.15. The fraction of sp³-hybridized carbons (Fsp3) is 0.214. The van der Waals surface area contributed by atoms with Crippen LogP contribution in [-0.2, 0) is 0 Å². The average Bonchev–Trinajstić information content (AvgIpc) is 2.38. The van der Waals surface area contributed by atoms with Gasteiger partial charge in [-0.1, -0.05) is 25.1 Å². The first-order valence-corrected chi connectivity index (χ1v) is 5.80. The van der Waals surface area contributed by atoms with Gasteiger partial charge in [0.2, 0.25) is 0 Å². The first kappa shape index (κ1) is 11.5. The van der Waals surface area contributed by atoms with E-state index in [-0.39, 0.29) is 0 Å². The van der Waals surface area contributed by atoms with E-state index in [1.807, 2.05) is 36.4 Å². The highest BCUT2D eigenvalue weighted by Gasteiger charge is 1.98. The molecule has 0 amide bonds. The van der Waals surface area contributed by atoms with E-state index >= 15 is 0 Å². The van der Waals surface area contributed by atoms with Gasteiger partial charge in [0, 0.05) is 12.6 Å². The molecule has 88 valence electrons. The second-order valence-corrected chi connectivity index (χ2v) is 3.75. The van der Waals surface area contributed by atoms with Crippen molar-refractivity contribution in [2.45, 2.75) is 13.3 Å². The number of rotatable bonds is 5. The van der Waals surface area contributed by atoms with Crippen LogP contribution in [0.1, 0.15) is 13.3 Å². The molecule has 0 bridgehead atoms. The molecule has 0 aliphatic carbocycles. The number of benzene rings is 1. The SMILES string of the molecule is CCCNc1cncc(Oc2ccccc2)c1. The number of nitrogens with one attached hydrogen (secondary N) is 1. The molecule has 0 aliphatic heterocycles. The Labute approximate surface area is 101 Å². The van der Waals surface area contributed by atoms with Gasteiger partial charge in [0.1, 0.15) is 11.5 Å². The number of anilines is 1. The van der Waals surface area contributed by atoms with Gasteiger partial charge in [-0.3, -0.25) is 4.98 Å². The first-order valence-electron chi connectivity index (χ1n) is 5.80. The van der Waals surface area contributed by atoms with E-state index in [0.717, 1.165) is 30.2 Å². The van der Waals surface area contributed by atoms with Gasteiger partial charge < -0.3 is 10.1 Å². The Bertz CT molecular complexity index is 457. The predicted octanol–water partition coefficient (Wildman–Crippen LogP) is 3.70. The molecule has 17 heavy (non-hydrogen) atoms. The molecule has 0 spiro atoms. The standard InChI is InChI=1S/C14H16N2O/c1-2-8-16-12-9-14(11-15-10-12)17-13-6-4-3-5-7-13/h3-7,9-11,16H,2,8H2,1H3. The Morgan fingerprint density at radius 1 is 1.12 bits per heavy atom. The fourth-order valence-electron chi connectivity index (χ4n) is 1.47. The van der Waals surface area contributed by atoms with Crippen molar-refractivity contribution in [3.05, 3.63) is 48.8 Å². The van der Waals surface area contributed by atoms with Crippen LogP contribution in [0.15, 0.2) is 48.8 Å². The van der Waals surface area contributed by atoms with Crippen molar-refractivity contribution in [2.75, 3.05) is 11.9 Å². The molecule has 2 rings (SSSR count). The lowest BCUT2D eigenvalue weighted by atomic mass is 10.3. The summed E-state index contributed by atoms with van der Waals surface area (Å²) in [6.45, 7) is 3.07. The quantitative estimate of drug-likeness (QED) is 0.847. The third-order valence-corrected chi connectivity index (χ3v) is 2.27. The highest BCUT2D eigenvalue weighted by Crippen LogP contribution is 2.22. The Kier molecular flexibility index (Phi) is 3.97. The topological polar surface area (TPSA) is 34.2 Å². The second kappa shape index (κ2) is 5.89. The first-order chi connectivity index (χ1) is 8.38. The van der Waals surface area contributed by atoms with Crippen LogP contribution in [0, 0.1) is 0 Å². The number of ether oxygens (including phenoxy) is 1. The summed E-state index contributed by atoms with van der Waals surface area (Å²) in [6, 6.07) is 11.7. The zero-order valence-corrected chi connectivity index (χ0v) is 9.89. The second-order valence-electron chi connectivity index (χ2n) is 3.75. The molecule has 3 nitrogen and oxygen atoms in total. The van der Waals surface area contributed by atoms with E-state index in [4.69, 9.17) is 4.74 Å². The number of pyridine rings is 1. The van der Waals surface area contributed by atoms with Gasteiger partial charge in [0.05, 0.1) is 18.1 Å². The lowest BCUT2D eigenvalue weighted by molar-refractivity contribution is 0.480. The highest BCUT2D eigenvalue weighted by atomic mass is 16.5. The zero-order chi connectivity index (χ0) is 11.9. The fourth-order valence-corrected chi connectivity index (χ4v) is 1.47. The maximum Gasteiger partial charge on any atom is 0.147 e. The monoisotopic (exact) mass is 228 g/mol. The smallest absolute Gasteiger partial charge is 0.147 e. The zero-order valence-electron chi connectivity index (χ0n) is 9.89. The van der Waals surface area contributed by atoms with Gasteiger partial charge in [-0.05, 0) is 18.6 Å². The number of hydrogen-bond acceptors (Lipinski definition) is 3. The van der Waals surface area contributed by atoms with Crippen molar-refractivity contribution in [3.8, 4) is 11.5 Å². The van der Waals surface area contributed by atoms with Gasteiger partial charge in [0.25, 0.3) is 0 Å². The van der Waals surface area contributed by atoms with E-state index in [2.05, 4.69) is 17.2 Å². The van der Waals surface area contributed by atoms with E-state index in [9.17, 15) is 0 Å². The van der Waals surface area contributed by atoms with Crippen molar-refractivity contribution in [1.29, 1.82) is 0 Å². The highest BCUT2D eigenvalue weighted by molar-refractivity contribution is 5.46. The molecule has 0 atom stereocenters. The number of nitrogens with zero attached hydrogens (tertiary/aromatic N) is 1. The molecular formula is C14H16N2O. The van der Waals surface area contributed by atoms with Crippen molar-refractivity contribution in [3.63, 3.8) is 0 Å². The number of hydrogen-bond donors (Lipinski definition) is 1. The molecule has 0 saturated carbocycles. The molecule has 0 radical (unpaired) electrons. The Morgan fingerprint density at radius 2 is 1.94 bits per heavy atom. The van der Waals surface area contributed by atoms with Crippen molar-refractivity contribution < 1.29 is 4.74 Å². The largest absolute Gasteiger partial charge is 0.456 e. The normalized spacial score (nSPS) is 9.94. The van der Waals surface area contributed by atoms with Crippen molar-refractivity contribution in [1.82, 2.24) is 4.98 Å². The minimum atomic E-state index is 0.748. The summed E-state index contributed by atoms with van der Waals surface area (Å²) in [5.41, 5.74) is 0.986. The van der Waals surface area contributed by atoms with Crippen LogP contribution < -0.4 is 10.1 Å². The summed E-state index contributed by atoms with van der Waals surface area (Å²) in [7, 11) is 0. The van der Waals surface area contributed by atoms with Crippen LogP contribution in [0.25, 0.3) is 0 Å². The number of para-hydroxylation sites is 1. The Morgan fingerprint density at radius 3 is 2.71 bits per heavy atom. The van der Waals surface area contributed by atoms with Crippen molar-refractivity contribution in [2.24, 2.45) is 0 Å². The molecular weight excluding hydrogens is 212 g/mol. The Balaban J connectivity index is 2.06. The van der Waals surface area contributed by atoms with Crippen LogP contribution in [0.4, 0.5) is 5.69 Å².